The molecule has 3 rings (SSSR count). The summed E-state index contributed by atoms with van der Waals surface area (Å²) in [5, 5.41) is 109. The van der Waals surface area contributed by atoms with Gasteiger partial charge in [0.2, 0.25) is 0 Å². The lowest BCUT2D eigenvalue weighted by Gasteiger charge is -2.45. The van der Waals surface area contributed by atoms with Crippen LogP contribution in [-0.4, -0.2) is 168 Å². The Kier molecular flexibility index (Phi) is 9.54. The number of hydrogen-bond acceptors (Lipinski definition) is 16. The van der Waals surface area contributed by atoms with Crippen molar-refractivity contribution in [2.75, 3.05) is 19.8 Å². The highest BCUT2D eigenvalue weighted by Gasteiger charge is 2.51. The maximum atomic E-state index is 10.3. The lowest BCUT2D eigenvalue weighted by atomic mass is 9.97. The van der Waals surface area contributed by atoms with E-state index in [1.807, 2.05) is 0 Å². The molecule has 3 aliphatic rings. The molecule has 3 saturated heterocycles. The molecule has 0 amide bonds. The van der Waals surface area contributed by atoms with Crippen LogP contribution in [0.5, 0.6) is 0 Å². The van der Waals surface area contributed by atoms with Crippen LogP contribution in [0.3, 0.4) is 0 Å². The summed E-state index contributed by atoms with van der Waals surface area (Å²) in [7, 11) is 0. The van der Waals surface area contributed by atoms with Crippen molar-refractivity contribution in [2.45, 2.75) is 92.1 Å². The Labute approximate surface area is 192 Å². The van der Waals surface area contributed by atoms with Crippen molar-refractivity contribution in [1.82, 2.24) is 0 Å². The van der Waals surface area contributed by atoms with Gasteiger partial charge in [0.25, 0.3) is 0 Å². The third kappa shape index (κ3) is 5.52. The Hall–Kier alpha value is -0.640. The molecule has 0 aromatic heterocycles. The summed E-state index contributed by atoms with van der Waals surface area (Å²) >= 11 is 0. The molecule has 0 saturated carbocycles. The molecule has 15 atom stereocenters. The molecule has 34 heavy (non-hydrogen) atoms. The largest absolute Gasteiger partial charge is 0.394 e. The minimum absolute atomic E-state index is 0.609. The smallest absolute Gasteiger partial charge is 0.187 e. The summed E-state index contributed by atoms with van der Waals surface area (Å²) in [5.74, 6) is 0. The normalized spacial score (nSPS) is 52.5. The third-order valence-corrected chi connectivity index (χ3v) is 6.07. The molecule has 3 heterocycles. The topological polar surface area (TPSA) is 269 Å². The highest BCUT2D eigenvalue weighted by Crippen LogP contribution is 2.29. The van der Waals surface area contributed by atoms with Crippen molar-refractivity contribution >= 4 is 0 Å². The Morgan fingerprint density at radius 2 is 1.03 bits per heavy atom. The Bertz CT molecular complexity index is 637. The van der Waals surface area contributed by atoms with Gasteiger partial charge < -0.3 is 79.9 Å². The predicted molar refractivity (Wildman–Crippen MR) is 101 cm³/mol. The molecule has 11 N–H and O–H groups in total. The van der Waals surface area contributed by atoms with Crippen LogP contribution in [-0.2, 0) is 23.7 Å². The number of hydrogen-bond donors (Lipinski definition) is 11. The standard InChI is InChI=1S/C18H32O16/c19-1-4-7(21)9(23)13(27)17(32-4)30-3-6-8(22)10(24)14(28)18(33-6)34-15-5(2-20)31-16(29)12(26)11(15)25/h4-29H,1-3H2/t4?,5?,6?,7-,8-,9?,10?,11?,12?,13?,14?,15+,16+,17+,18-/m0/s1. The van der Waals surface area contributed by atoms with Gasteiger partial charge in [-0.25, -0.2) is 0 Å². The zero-order chi connectivity index (χ0) is 25.3. The fourth-order valence-corrected chi connectivity index (χ4v) is 3.95. The average Bonchev–Trinajstić information content (AvgIpc) is 2.82. The minimum atomic E-state index is -1.87. The van der Waals surface area contributed by atoms with Crippen molar-refractivity contribution in [1.29, 1.82) is 0 Å². The van der Waals surface area contributed by atoms with Gasteiger partial charge in [-0.15, -0.1) is 0 Å². The lowest BCUT2D eigenvalue weighted by Crippen LogP contribution is -2.65. The molecule has 9 unspecified atom stereocenters. The van der Waals surface area contributed by atoms with Gasteiger partial charge in [0.15, 0.2) is 18.9 Å². The lowest BCUT2D eigenvalue weighted by molar-refractivity contribution is -0.362. The number of aliphatic hydroxyl groups excluding tert-OH is 11. The molecule has 16 nitrogen and oxygen atoms in total. The zero-order valence-corrected chi connectivity index (χ0v) is 17.7. The Morgan fingerprint density at radius 3 is 1.62 bits per heavy atom. The molecule has 0 spiro atoms. The van der Waals surface area contributed by atoms with E-state index in [-0.39, 0.29) is 0 Å². The van der Waals surface area contributed by atoms with E-state index < -0.39 is 112 Å². The van der Waals surface area contributed by atoms with Gasteiger partial charge >= 0.3 is 0 Å². The van der Waals surface area contributed by atoms with Gasteiger partial charge in [-0.1, -0.05) is 0 Å². The van der Waals surface area contributed by atoms with Crippen molar-refractivity contribution in [3.05, 3.63) is 0 Å². The first-order valence-corrected chi connectivity index (χ1v) is 10.6. The highest BCUT2D eigenvalue weighted by molar-refractivity contribution is 4.94. The van der Waals surface area contributed by atoms with Crippen LogP contribution in [0, 0.1) is 0 Å². The molecular formula is C18H32O16. The second-order valence-corrected chi connectivity index (χ2v) is 8.37. The van der Waals surface area contributed by atoms with Crippen LogP contribution in [0.1, 0.15) is 0 Å². The number of aliphatic hydroxyl groups is 11. The van der Waals surface area contributed by atoms with E-state index >= 15 is 0 Å². The van der Waals surface area contributed by atoms with Gasteiger partial charge in [0, 0.05) is 0 Å². The number of ether oxygens (including phenoxy) is 5. The van der Waals surface area contributed by atoms with Gasteiger partial charge in [-0.2, -0.15) is 0 Å². The van der Waals surface area contributed by atoms with Crippen molar-refractivity contribution in [3.63, 3.8) is 0 Å². The first kappa shape index (κ1) is 27.9. The van der Waals surface area contributed by atoms with Crippen LogP contribution >= 0.6 is 0 Å². The molecule has 3 aliphatic heterocycles. The summed E-state index contributed by atoms with van der Waals surface area (Å²) in [6.45, 7) is -2.07. The summed E-state index contributed by atoms with van der Waals surface area (Å²) in [6.07, 6.45) is -24.9. The second-order valence-electron chi connectivity index (χ2n) is 8.37. The molecule has 0 aromatic carbocycles. The Morgan fingerprint density at radius 1 is 0.500 bits per heavy atom. The quantitative estimate of drug-likeness (QED) is 0.154. The summed E-state index contributed by atoms with van der Waals surface area (Å²) in [5.41, 5.74) is 0. The van der Waals surface area contributed by atoms with E-state index in [1.165, 1.54) is 0 Å². The highest BCUT2D eigenvalue weighted by atomic mass is 16.7. The first-order valence-electron chi connectivity index (χ1n) is 10.6. The summed E-state index contributed by atoms with van der Waals surface area (Å²) in [6, 6.07) is 0. The molecule has 200 valence electrons. The SMILES string of the molecule is OCC1O[C@@H](OCC2O[C@@H](O[C@@H]3C(CO)O[C@@H](O)C(O)C3O)C(O)C(O)[C@H]2O)C(O)C(O)[C@H]1O. The predicted octanol–water partition coefficient (Wildman–Crippen LogP) is -7.57. The van der Waals surface area contributed by atoms with Crippen LogP contribution in [0.2, 0.25) is 0 Å². The molecule has 0 radical (unpaired) electrons. The van der Waals surface area contributed by atoms with Gasteiger partial charge in [-0.05, 0) is 0 Å². The molecular weight excluding hydrogens is 472 g/mol. The zero-order valence-electron chi connectivity index (χ0n) is 17.7. The van der Waals surface area contributed by atoms with Gasteiger partial charge in [-0.3, -0.25) is 0 Å². The van der Waals surface area contributed by atoms with Crippen LogP contribution < -0.4 is 0 Å². The van der Waals surface area contributed by atoms with Crippen LogP contribution in [0.15, 0.2) is 0 Å². The second kappa shape index (κ2) is 11.6. The first-order chi connectivity index (χ1) is 16.0. The van der Waals surface area contributed by atoms with Crippen LogP contribution in [0.4, 0.5) is 0 Å². The fraction of sp³-hybridized carbons (Fsp3) is 1.00. The molecule has 16 heteroatoms. The molecule has 0 aromatic rings. The van der Waals surface area contributed by atoms with E-state index in [0.29, 0.717) is 0 Å². The fourth-order valence-electron chi connectivity index (χ4n) is 3.95. The van der Waals surface area contributed by atoms with Crippen molar-refractivity contribution in [2.24, 2.45) is 0 Å². The van der Waals surface area contributed by atoms with Crippen molar-refractivity contribution < 1.29 is 79.9 Å². The summed E-state index contributed by atoms with van der Waals surface area (Å²) < 4.78 is 26.3. The third-order valence-electron chi connectivity index (χ3n) is 6.07. The van der Waals surface area contributed by atoms with E-state index in [9.17, 15) is 56.2 Å². The number of rotatable bonds is 7. The Balaban J connectivity index is 1.66. The van der Waals surface area contributed by atoms with Gasteiger partial charge in [0.05, 0.1) is 19.8 Å². The molecule has 0 aliphatic carbocycles. The van der Waals surface area contributed by atoms with Crippen molar-refractivity contribution in [3.8, 4) is 0 Å². The molecule has 3 fully saturated rings. The van der Waals surface area contributed by atoms with E-state index in [4.69, 9.17) is 23.7 Å². The maximum Gasteiger partial charge on any atom is 0.187 e. The summed E-state index contributed by atoms with van der Waals surface area (Å²) in [4.78, 5) is 0. The van der Waals surface area contributed by atoms with Gasteiger partial charge in [0.1, 0.15) is 73.2 Å². The molecule has 0 bridgehead atoms. The van der Waals surface area contributed by atoms with Crippen LogP contribution in [0.25, 0.3) is 0 Å². The minimum Gasteiger partial charge on any atom is -0.394 e. The van der Waals surface area contributed by atoms with E-state index in [0.717, 1.165) is 0 Å². The van der Waals surface area contributed by atoms with E-state index in [1.54, 1.807) is 0 Å². The average molecular weight is 504 g/mol. The van der Waals surface area contributed by atoms with E-state index in [2.05, 4.69) is 0 Å². The maximum absolute atomic E-state index is 10.3. The monoisotopic (exact) mass is 504 g/mol.